The minimum Gasteiger partial charge on any atom is -0.463 e. The molecule has 4 nitrogen and oxygen atoms in total. The van der Waals surface area contributed by atoms with Crippen molar-refractivity contribution in [1.29, 1.82) is 0 Å². The van der Waals surface area contributed by atoms with E-state index in [2.05, 4.69) is 17.3 Å². The third kappa shape index (κ3) is 6.44. The Morgan fingerprint density at radius 1 is 1.59 bits per heavy atom. The van der Waals surface area contributed by atoms with Crippen LogP contribution in [0.1, 0.15) is 19.8 Å². The van der Waals surface area contributed by atoms with Gasteiger partial charge in [0, 0.05) is 19.2 Å². The first-order chi connectivity index (χ1) is 8.22. The van der Waals surface area contributed by atoms with Crippen LogP contribution in [0.5, 0.6) is 0 Å². The molecule has 1 aliphatic heterocycles. The fourth-order valence-electron chi connectivity index (χ4n) is 2.11. The predicted molar refractivity (Wildman–Crippen MR) is 68.9 cm³/mol. The van der Waals surface area contributed by atoms with E-state index in [4.69, 9.17) is 4.74 Å². The molecular weight excluding hydrogens is 216 g/mol. The number of rotatable bonds is 6. The second-order valence-corrected chi connectivity index (χ2v) is 4.59. The molecule has 1 unspecified atom stereocenters. The van der Waals surface area contributed by atoms with E-state index in [9.17, 15) is 4.79 Å². The SMILES string of the molecule is CCOC(=O)/C=C/CN(C)CC1CCCNC1. The Morgan fingerprint density at radius 3 is 3.06 bits per heavy atom. The molecule has 0 aromatic heterocycles. The second-order valence-electron chi connectivity index (χ2n) is 4.59. The largest absolute Gasteiger partial charge is 0.463 e. The lowest BCUT2D eigenvalue weighted by Gasteiger charge is -2.26. The van der Waals surface area contributed by atoms with Gasteiger partial charge in [-0.1, -0.05) is 6.08 Å². The molecule has 1 N–H and O–H groups in total. The molecule has 4 heteroatoms. The Kier molecular flexibility index (Phi) is 6.89. The zero-order valence-electron chi connectivity index (χ0n) is 10.9. The van der Waals surface area contributed by atoms with Crippen LogP contribution in [0.3, 0.4) is 0 Å². The summed E-state index contributed by atoms with van der Waals surface area (Å²) in [6, 6.07) is 0. The maximum absolute atomic E-state index is 11.1. The van der Waals surface area contributed by atoms with Crippen LogP contribution in [0.2, 0.25) is 0 Å². The van der Waals surface area contributed by atoms with Crippen molar-refractivity contribution in [2.45, 2.75) is 19.8 Å². The van der Waals surface area contributed by atoms with Crippen LogP contribution in [0.4, 0.5) is 0 Å². The highest BCUT2D eigenvalue weighted by molar-refractivity contribution is 5.81. The van der Waals surface area contributed by atoms with E-state index in [1.807, 2.05) is 13.0 Å². The van der Waals surface area contributed by atoms with Crippen molar-refractivity contribution >= 4 is 5.97 Å². The van der Waals surface area contributed by atoms with E-state index >= 15 is 0 Å². The molecule has 0 spiro atoms. The molecule has 0 radical (unpaired) electrons. The molecule has 0 amide bonds. The maximum Gasteiger partial charge on any atom is 0.330 e. The number of esters is 1. The van der Waals surface area contributed by atoms with E-state index < -0.39 is 0 Å². The first-order valence-electron chi connectivity index (χ1n) is 6.45. The Balaban J connectivity index is 2.15. The van der Waals surface area contributed by atoms with Crippen molar-refractivity contribution in [3.8, 4) is 0 Å². The predicted octanol–water partition coefficient (Wildman–Crippen LogP) is 1.04. The average Bonchev–Trinajstić information content (AvgIpc) is 2.30. The number of nitrogens with one attached hydrogen (secondary N) is 1. The summed E-state index contributed by atoms with van der Waals surface area (Å²) in [5.41, 5.74) is 0. The van der Waals surface area contributed by atoms with E-state index in [1.54, 1.807) is 0 Å². The summed E-state index contributed by atoms with van der Waals surface area (Å²) in [5, 5.41) is 3.41. The van der Waals surface area contributed by atoms with Crippen LogP contribution in [-0.2, 0) is 9.53 Å². The number of hydrogen-bond acceptors (Lipinski definition) is 4. The molecule has 17 heavy (non-hydrogen) atoms. The van der Waals surface area contributed by atoms with Gasteiger partial charge in [-0.15, -0.1) is 0 Å². The van der Waals surface area contributed by atoms with Crippen molar-refractivity contribution < 1.29 is 9.53 Å². The number of hydrogen-bond donors (Lipinski definition) is 1. The van der Waals surface area contributed by atoms with Gasteiger partial charge in [0.05, 0.1) is 6.61 Å². The third-order valence-electron chi connectivity index (χ3n) is 2.93. The zero-order chi connectivity index (χ0) is 12.5. The fraction of sp³-hybridized carbons (Fsp3) is 0.769. The van der Waals surface area contributed by atoms with Crippen LogP contribution in [0.25, 0.3) is 0 Å². The Morgan fingerprint density at radius 2 is 2.41 bits per heavy atom. The van der Waals surface area contributed by atoms with E-state index in [1.165, 1.54) is 18.9 Å². The number of piperidine rings is 1. The summed E-state index contributed by atoms with van der Waals surface area (Å²) in [5.74, 6) is 0.491. The minimum atomic E-state index is -0.250. The summed E-state index contributed by atoms with van der Waals surface area (Å²) in [7, 11) is 2.09. The van der Waals surface area contributed by atoms with E-state index in [0.29, 0.717) is 6.61 Å². The topological polar surface area (TPSA) is 41.6 Å². The zero-order valence-corrected chi connectivity index (χ0v) is 10.9. The first-order valence-corrected chi connectivity index (χ1v) is 6.45. The van der Waals surface area contributed by atoms with Crippen molar-refractivity contribution in [3.63, 3.8) is 0 Å². The number of carbonyl (C=O) groups is 1. The van der Waals surface area contributed by atoms with Gasteiger partial charge in [0.1, 0.15) is 0 Å². The highest BCUT2D eigenvalue weighted by Crippen LogP contribution is 2.10. The lowest BCUT2D eigenvalue weighted by atomic mass is 9.99. The monoisotopic (exact) mass is 240 g/mol. The molecule has 0 aromatic carbocycles. The van der Waals surface area contributed by atoms with Crippen molar-refractivity contribution in [1.82, 2.24) is 10.2 Å². The number of likely N-dealkylation sites (N-methyl/N-ethyl adjacent to an activating group) is 1. The fourth-order valence-corrected chi connectivity index (χ4v) is 2.11. The van der Waals surface area contributed by atoms with Gasteiger partial charge in [-0.3, -0.25) is 0 Å². The van der Waals surface area contributed by atoms with Gasteiger partial charge in [-0.25, -0.2) is 4.79 Å². The molecule has 1 aliphatic rings. The quantitative estimate of drug-likeness (QED) is 0.556. The molecule has 98 valence electrons. The van der Waals surface area contributed by atoms with Gasteiger partial charge in [0.25, 0.3) is 0 Å². The lowest BCUT2D eigenvalue weighted by Crippen LogP contribution is -2.36. The van der Waals surface area contributed by atoms with Crippen LogP contribution in [0.15, 0.2) is 12.2 Å². The normalized spacial score (nSPS) is 21.0. The Labute approximate surface area is 104 Å². The molecule has 0 bridgehead atoms. The molecule has 0 aliphatic carbocycles. The molecule has 1 atom stereocenters. The van der Waals surface area contributed by atoms with Gasteiger partial charge in [0.15, 0.2) is 0 Å². The van der Waals surface area contributed by atoms with Crippen LogP contribution >= 0.6 is 0 Å². The standard InChI is InChI=1S/C13H24N2O2/c1-3-17-13(16)7-5-9-15(2)11-12-6-4-8-14-10-12/h5,7,12,14H,3-4,6,8-11H2,1-2H3/b7-5+. The number of ether oxygens (including phenoxy) is 1. The van der Waals surface area contributed by atoms with E-state index in [-0.39, 0.29) is 5.97 Å². The summed E-state index contributed by atoms with van der Waals surface area (Å²) >= 11 is 0. The van der Waals surface area contributed by atoms with Crippen LogP contribution in [-0.4, -0.2) is 50.7 Å². The van der Waals surface area contributed by atoms with Crippen molar-refractivity contribution in [3.05, 3.63) is 12.2 Å². The summed E-state index contributed by atoms with van der Waals surface area (Å²) in [4.78, 5) is 13.3. The molecular formula is C13H24N2O2. The average molecular weight is 240 g/mol. The van der Waals surface area contributed by atoms with Gasteiger partial charge in [-0.2, -0.15) is 0 Å². The smallest absolute Gasteiger partial charge is 0.330 e. The molecule has 1 saturated heterocycles. The number of carbonyl (C=O) groups excluding carboxylic acids is 1. The summed E-state index contributed by atoms with van der Waals surface area (Å²) in [6.07, 6.45) is 5.96. The molecule has 0 aromatic rings. The summed E-state index contributed by atoms with van der Waals surface area (Å²) < 4.78 is 4.82. The Hall–Kier alpha value is -0.870. The van der Waals surface area contributed by atoms with Gasteiger partial charge in [0.2, 0.25) is 0 Å². The Bertz CT molecular complexity index is 248. The molecule has 1 fully saturated rings. The first kappa shape index (κ1) is 14.2. The van der Waals surface area contributed by atoms with Crippen LogP contribution in [0, 0.1) is 5.92 Å². The molecule has 1 heterocycles. The second kappa shape index (κ2) is 8.25. The lowest BCUT2D eigenvalue weighted by molar-refractivity contribution is -0.137. The van der Waals surface area contributed by atoms with Gasteiger partial charge < -0.3 is 15.0 Å². The van der Waals surface area contributed by atoms with Crippen molar-refractivity contribution in [2.24, 2.45) is 5.92 Å². The van der Waals surface area contributed by atoms with E-state index in [0.717, 1.165) is 32.1 Å². The van der Waals surface area contributed by atoms with Crippen LogP contribution < -0.4 is 5.32 Å². The van der Waals surface area contributed by atoms with Gasteiger partial charge >= 0.3 is 5.97 Å². The molecule has 0 saturated carbocycles. The molecule has 1 rings (SSSR count). The van der Waals surface area contributed by atoms with Crippen molar-refractivity contribution in [2.75, 3.05) is 39.8 Å². The number of nitrogens with zero attached hydrogens (tertiary/aromatic N) is 1. The van der Waals surface area contributed by atoms with Gasteiger partial charge in [-0.05, 0) is 45.8 Å². The maximum atomic E-state index is 11.1. The third-order valence-corrected chi connectivity index (χ3v) is 2.93. The highest BCUT2D eigenvalue weighted by atomic mass is 16.5. The highest BCUT2D eigenvalue weighted by Gasteiger charge is 2.14. The summed E-state index contributed by atoms with van der Waals surface area (Å²) in [6.45, 7) is 6.41. The minimum absolute atomic E-state index is 0.250.